The average molecular weight is 389 g/mol. The molecule has 0 unspecified atom stereocenters. The summed E-state index contributed by atoms with van der Waals surface area (Å²) in [7, 11) is 1.93. The lowest BCUT2D eigenvalue weighted by molar-refractivity contribution is -0.133. The topological polar surface area (TPSA) is 79.6 Å². The summed E-state index contributed by atoms with van der Waals surface area (Å²) in [5.74, 6) is 0.480. The molecule has 0 saturated heterocycles. The van der Waals surface area contributed by atoms with Crippen molar-refractivity contribution in [3.63, 3.8) is 0 Å². The molecule has 2 amide bonds. The Morgan fingerprint density at radius 1 is 1.03 bits per heavy atom. The maximum Gasteiger partial charge on any atom is 0.243 e. The highest BCUT2D eigenvalue weighted by Crippen LogP contribution is 2.16. The molecule has 0 aliphatic carbocycles. The fourth-order valence-corrected chi connectivity index (χ4v) is 3.44. The average Bonchev–Trinajstić information content (AvgIpc) is 3.37. The standard InChI is InChI=1S/C22H23N5O2/c1-26-19-10-6-5-9-18(19)24-20(26)15-23-21(28)11-12-22(29)27-14-13-17(25-27)16-7-3-2-4-8-16/h2-10H,11-15H2,1H3,(H,23,28). The lowest BCUT2D eigenvalue weighted by atomic mass is 10.1. The van der Waals surface area contributed by atoms with E-state index in [9.17, 15) is 9.59 Å². The number of hydrogen-bond acceptors (Lipinski definition) is 4. The minimum Gasteiger partial charge on any atom is -0.349 e. The third-order valence-electron chi connectivity index (χ3n) is 5.09. The Kier molecular flexibility index (Phi) is 5.37. The molecule has 1 aliphatic rings. The number of nitrogens with zero attached hydrogens (tertiary/aromatic N) is 4. The Hall–Kier alpha value is -3.48. The van der Waals surface area contributed by atoms with Gasteiger partial charge in [0.2, 0.25) is 11.8 Å². The molecule has 0 saturated carbocycles. The van der Waals surface area contributed by atoms with E-state index in [0.29, 0.717) is 13.1 Å². The van der Waals surface area contributed by atoms with Crippen molar-refractivity contribution in [3.05, 3.63) is 66.0 Å². The van der Waals surface area contributed by atoms with Crippen LogP contribution in [-0.2, 0) is 23.2 Å². The van der Waals surface area contributed by atoms with Crippen LogP contribution in [0.4, 0.5) is 0 Å². The number of hydrogen-bond donors (Lipinski definition) is 1. The number of nitrogens with one attached hydrogen (secondary N) is 1. The molecule has 2 aromatic carbocycles. The molecule has 29 heavy (non-hydrogen) atoms. The summed E-state index contributed by atoms with van der Waals surface area (Å²) in [6, 6.07) is 17.7. The number of imidazole rings is 1. The van der Waals surface area contributed by atoms with E-state index in [1.165, 1.54) is 5.01 Å². The Bertz CT molecular complexity index is 1070. The molecule has 1 N–H and O–H groups in total. The number of carbonyl (C=O) groups excluding carboxylic acids is 2. The van der Waals surface area contributed by atoms with Crippen molar-refractivity contribution in [3.8, 4) is 0 Å². The van der Waals surface area contributed by atoms with Crippen molar-refractivity contribution in [1.82, 2.24) is 19.9 Å². The van der Waals surface area contributed by atoms with E-state index in [2.05, 4.69) is 15.4 Å². The molecule has 2 heterocycles. The van der Waals surface area contributed by atoms with Gasteiger partial charge in [-0.2, -0.15) is 5.10 Å². The second-order valence-corrected chi connectivity index (χ2v) is 7.03. The van der Waals surface area contributed by atoms with Gasteiger partial charge in [0.1, 0.15) is 5.82 Å². The Balaban J connectivity index is 1.28. The molecular formula is C22H23N5O2. The van der Waals surface area contributed by atoms with Crippen LogP contribution in [0.25, 0.3) is 11.0 Å². The van der Waals surface area contributed by atoms with E-state index < -0.39 is 0 Å². The summed E-state index contributed by atoms with van der Waals surface area (Å²) in [5.41, 5.74) is 3.86. The van der Waals surface area contributed by atoms with Gasteiger partial charge in [-0.25, -0.2) is 9.99 Å². The molecule has 0 bridgehead atoms. The first kappa shape index (κ1) is 18.9. The zero-order valence-corrected chi connectivity index (χ0v) is 16.3. The van der Waals surface area contributed by atoms with Crippen LogP contribution in [-0.4, -0.2) is 38.6 Å². The number of amides is 2. The molecule has 0 radical (unpaired) electrons. The highest BCUT2D eigenvalue weighted by molar-refractivity contribution is 6.02. The van der Waals surface area contributed by atoms with Gasteiger partial charge in [0, 0.05) is 26.3 Å². The number of benzene rings is 2. The van der Waals surface area contributed by atoms with Crippen molar-refractivity contribution >= 4 is 28.6 Å². The summed E-state index contributed by atoms with van der Waals surface area (Å²) in [6.45, 7) is 0.892. The van der Waals surface area contributed by atoms with Gasteiger partial charge >= 0.3 is 0 Å². The number of para-hydroxylation sites is 2. The molecular weight excluding hydrogens is 366 g/mol. The van der Waals surface area contributed by atoms with Crippen molar-refractivity contribution in [2.24, 2.45) is 12.1 Å². The SMILES string of the molecule is Cn1c(CNC(=O)CCC(=O)N2CCC(c3ccccc3)=N2)nc2ccccc21. The maximum atomic E-state index is 12.4. The van der Waals surface area contributed by atoms with Crippen LogP contribution in [0.1, 0.15) is 30.7 Å². The summed E-state index contributed by atoms with van der Waals surface area (Å²) in [4.78, 5) is 29.1. The Morgan fingerprint density at radius 3 is 2.59 bits per heavy atom. The molecule has 1 aliphatic heterocycles. The van der Waals surface area contributed by atoms with E-state index in [-0.39, 0.29) is 24.7 Å². The fourth-order valence-electron chi connectivity index (χ4n) is 3.44. The normalized spacial score (nSPS) is 13.6. The molecule has 3 aromatic rings. The summed E-state index contributed by atoms with van der Waals surface area (Å²) < 4.78 is 1.96. The summed E-state index contributed by atoms with van der Waals surface area (Å²) in [5, 5.41) is 8.75. The van der Waals surface area contributed by atoms with Crippen LogP contribution in [0.3, 0.4) is 0 Å². The lowest BCUT2D eigenvalue weighted by Gasteiger charge is -2.11. The highest BCUT2D eigenvalue weighted by Gasteiger charge is 2.22. The van der Waals surface area contributed by atoms with Gasteiger partial charge < -0.3 is 9.88 Å². The van der Waals surface area contributed by atoms with Gasteiger partial charge in [0.25, 0.3) is 0 Å². The van der Waals surface area contributed by atoms with Crippen LogP contribution in [0.15, 0.2) is 59.7 Å². The maximum absolute atomic E-state index is 12.4. The minimum atomic E-state index is -0.170. The van der Waals surface area contributed by atoms with E-state index in [0.717, 1.165) is 34.6 Å². The second kappa shape index (κ2) is 8.26. The Morgan fingerprint density at radius 2 is 1.79 bits per heavy atom. The lowest BCUT2D eigenvalue weighted by Crippen LogP contribution is -2.28. The van der Waals surface area contributed by atoms with Crippen molar-refractivity contribution in [2.75, 3.05) is 6.54 Å². The predicted octanol–water partition coefficient (Wildman–Crippen LogP) is 2.61. The van der Waals surface area contributed by atoms with Gasteiger partial charge in [-0.3, -0.25) is 9.59 Å². The molecule has 4 rings (SSSR count). The first-order valence-electron chi connectivity index (χ1n) is 9.72. The smallest absolute Gasteiger partial charge is 0.243 e. The molecule has 0 fully saturated rings. The molecule has 148 valence electrons. The van der Waals surface area contributed by atoms with Gasteiger partial charge in [0.15, 0.2) is 0 Å². The Labute approximate surface area is 169 Å². The fraction of sp³-hybridized carbons (Fsp3) is 0.273. The van der Waals surface area contributed by atoms with Crippen LogP contribution >= 0.6 is 0 Å². The van der Waals surface area contributed by atoms with E-state index in [1.54, 1.807) is 0 Å². The number of carbonyl (C=O) groups is 2. The molecule has 0 atom stereocenters. The monoisotopic (exact) mass is 389 g/mol. The number of aryl methyl sites for hydroxylation is 1. The van der Waals surface area contributed by atoms with Crippen LogP contribution in [0.2, 0.25) is 0 Å². The summed E-state index contributed by atoms with van der Waals surface area (Å²) >= 11 is 0. The van der Waals surface area contributed by atoms with E-state index in [1.807, 2.05) is 66.2 Å². The quantitative estimate of drug-likeness (QED) is 0.704. The first-order chi connectivity index (χ1) is 14.1. The highest BCUT2D eigenvalue weighted by atomic mass is 16.2. The van der Waals surface area contributed by atoms with Crippen LogP contribution in [0, 0.1) is 0 Å². The zero-order chi connectivity index (χ0) is 20.2. The first-order valence-corrected chi connectivity index (χ1v) is 9.72. The molecule has 1 aromatic heterocycles. The van der Waals surface area contributed by atoms with Crippen LogP contribution < -0.4 is 5.32 Å². The molecule has 0 spiro atoms. The molecule has 7 heteroatoms. The van der Waals surface area contributed by atoms with Crippen molar-refractivity contribution in [2.45, 2.75) is 25.8 Å². The largest absolute Gasteiger partial charge is 0.349 e. The number of aromatic nitrogens is 2. The van der Waals surface area contributed by atoms with Gasteiger partial charge in [0.05, 0.1) is 29.8 Å². The van der Waals surface area contributed by atoms with Gasteiger partial charge in [-0.05, 0) is 17.7 Å². The third kappa shape index (κ3) is 4.18. The van der Waals surface area contributed by atoms with Crippen molar-refractivity contribution in [1.29, 1.82) is 0 Å². The number of hydrazone groups is 1. The number of fused-ring (bicyclic) bond motifs is 1. The van der Waals surface area contributed by atoms with Crippen LogP contribution in [0.5, 0.6) is 0 Å². The van der Waals surface area contributed by atoms with Gasteiger partial charge in [-0.1, -0.05) is 42.5 Å². The number of rotatable bonds is 6. The third-order valence-corrected chi connectivity index (χ3v) is 5.09. The van der Waals surface area contributed by atoms with E-state index in [4.69, 9.17) is 0 Å². The predicted molar refractivity (Wildman–Crippen MR) is 111 cm³/mol. The van der Waals surface area contributed by atoms with Crippen molar-refractivity contribution < 1.29 is 9.59 Å². The van der Waals surface area contributed by atoms with Gasteiger partial charge in [-0.15, -0.1) is 0 Å². The second-order valence-electron chi connectivity index (χ2n) is 7.03. The molecule has 7 nitrogen and oxygen atoms in total. The minimum absolute atomic E-state index is 0.131. The summed E-state index contributed by atoms with van der Waals surface area (Å²) in [6.07, 6.45) is 1.00. The van der Waals surface area contributed by atoms with E-state index >= 15 is 0 Å². The zero-order valence-electron chi connectivity index (χ0n) is 16.3.